The van der Waals surface area contributed by atoms with Gasteiger partial charge in [-0.3, -0.25) is 4.79 Å². The molecule has 4 aliphatic carbocycles. The van der Waals surface area contributed by atoms with E-state index < -0.39 is 0 Å². The number of hydrogen-bond acceptors (Lipinski definition) is 4. The summed E-state index contributed by atoms with van der Waals surface area (Å²) < 4.78 is 3.74. The third kappa shape index (κ3) is 3.51. The number of fused-ring (bicyclic) bond motifs is 2. The average molecular weight is 424 g/mol. The number of carbonyl (C=O) groups is 1. The van der Waals surface area contributed by atoms with Crippen molar-refractivity contribution in [2.45, 2.75) is 82.4 Å². The molecule has 2 N–H and O–H groups in total. The Balaban J connectivity index is 1.27. The lowest BCUT2D eigenvalue weighted by Crippen LogP contribution is -2.41. The predicted octanol–water partition coefficient (Wildman–Crippen LogP) is 3.49. The highest BCUT2D eigenvalue weighted by molar-refractivity contribution is 5.97. The van der Waals surface area contributed by atoms with E-state index in [1.54, 1.807) is 17.1 Å². The molecular formula is C24H33N5O2. The monoisotopic (exact) mass is 423 g/mol. The summed E-state index contributed by atoms with van der Waals surface area (Å²) in [5.41, 5.74) is 0.610. The van der Waals surface area contributed by atoms with Crippen LogP contribution in [0.5, 0.6) is 0 Å². The molecule has 7 heteroatoms. The van der Waals surface area contributed by atoms with Crippen molar-refractivity contribution in [3.8, 4) is 5.82 Å². The van der Waals surface area contributed by atoms with E-state index >= 15 is 0 Å². The fourth-order valence-corrected chi connectivity index (χ4v) is 7.23. The molecule has 31 heavy (non-hydrogen) atoms. The van der Waals surface area contributed by atoms with Crippen LogP contribution in [-0.2, 0) is 0 Å². The zero-order valence-corrected chi connectivity index (χ0v) is 18.1. The molecule has 2 heterocycles. The minimum atomic E-state index is -0.219. The first kappa shape index (κ1) is 19.5. The molecule has 4 unspecified atom stereocenters. The number of amides is 1. The van der Waals surface area contributed by atoms with E-state index in [4.69, 9.17) is 0 Å². The molecule has 2 aromatic rings. The zero-order chi connectivity index (χ0) is 20.9. The summed E-state index contributed by atoms with van der Waals surface area (Å²) in [5.74, 6) is 3.95. The molecule has 1 amide bonds. The van der Waals surface area contributed by atoms with Gasteiger partial charge in [0.25, 0.3) is 5.91 Å². The zero-order valence-electron chi connectivity index (χ0n) is 18.1. The van der Waals surface area contributed by atoms with Crippen LogP contribution < -0.4 is 5.32 Å². The van der Waals surface area contributed by atoms with Crippen LogP contribution in [0.3, 0.4) is 0 Å². The Kier molecular flexibility index (Phi) is 4.89. The number of carbonyl (C=O) groups excluding carboxylic acids is 1. The van der Waals surface area contributed by atoms with Gasteiger partial charge in [0.2, 0.25) is 0 Å². The summed E-state index contributed by atoms with van der Waals surface area (Å²) >= 11 is 0. The molecule has 0 spiro atoms. The van der Waals surface area contributed by atoms with E-state index in [1.807, 2.05) is 16.9 Å². The van der Waals surface area contributed by atoms with Crippen molar-refractivity contribution < 1.29 is 9.90 Å². The summed E-state index contributed by atoms with van der Waals surface area (Å²) in [6, 6.07) is 2.35. The highest BCUT2D eigenvalue weighted by Gasteiger charge is 2.46. The molecule has 3 bridgehead atoms. The molecular weight excluding hydrogens is 390 g/mol. The van der Waals surface area contributed by atoms with E-state index in [0.29, 0.717) is 11.5 Å². The van der Waals surface area contributed by atoms with Crippen LogP contribution in [0.4, 0.5) is 0 Å². The fraction of sp³-hybridized carbons (Fsp3) is 0.708. The molecule has 0 aromatic carbocycles. The van der Waals surface area contributed by atoms with Gasteiger partial charge < -0.3 is 10.4 Å². The average Bonchev–Trinajstić information content (AvgIpc) is 3.48. The van der Waals surface area contributed by atoms with Crippen LogP contribution in [0.1, 0.15) is 80.6 Å². The Bertz CT molecular complexity index is 930. The Hall–Kier alpha value is -2.15. The molecule has 0 saturated heterocycles. The van der Waals surface area contributed by atoms with Crippen molar-refractivity contribution in [2.75, 3.05) is 0 Å². The lowest BCUT2D eigenvalue weighted by atomic mass is 9.80. The van der Waals surface area contributed by atoms with Gasteiger partial charge in [-0.1, -0.05) is 0 Å². The lowest BCUT2D eigenvalue weighted by molar-refractivity contribution is 0.0911. The summed E-state index contributed by atoms with van der Waals surface area (Å²) in [5, 5.41) is 22.4. The number of nitrogens with zero attached hydrogens (tertiary/aromatic N) is 4. The van der Waals surface area contributed by atoms with E-state index in [9.17, 15) is 9.90 Å². The van der Waals surface area contributed by atoms with Crippen molar-refractivity contribution >= 4 is 5.91 Å². The molecule has 166 valence electrons. The SMILES string of the molecule is O=C(N[C@H]1CCC2CC3CC(C2)C1C3)c1cnn(C2CCC(O)CC2)c1-n1cccn1. The van der Waals surface area contributed by atoms with E-state index in [-0.39, 0.29) is 24.1 Å². The highest BCUT2D eigenvalue weighted by Crippen LogP contribution is 2.53. The van der Waals surface area contributed by atoms with Gasteiger partial charge in [0, 0.05) is 18.4 Å². The highest BCUT2D eigenvalue weighted by atomic mass is 16.3. The molecule has 6 rings (SSSR count). The van der Waals surface area contributed by atoms with Crippen molar-refractivity contribution in [1.82, 2.24) is 24.9 Å². The summed E-state index contributed by atoms with van der Waals surface area (Å²) in [7, 11) is 0. The van der Waals surface area contributed by atoms with Gasteiger partial charge in [-0.25, -0.2) is 9.36 Å². The van der Waals surface area contributed by atoms with Crippen molar-refractivity contribution in [3.63, 3.8) is 0 Å². The maximum atomic E-state index is 13.5. The molecule has 5 atom stereocenters. The summed E-state index contributed by atoms with van der Waals surface area (Å²) in [6.07, 6.45) is 16.2. The normalized spacial score (nSPS) is 37.0. The molecule has 4 aliphatic rings. The molecule has 4 fully saturated rings. The molecule has 2 aromatic heterocycles. The second-order valence-electron chi connectivity index (χ2n) is 10.5. The first-order valence-electron chi connectivity index (χ1n) is 12.2. The molecule has 0 aliphatic heterocycles. The van der Waals surface area contributed by atoms with Gasteiger partial charge >= 0.3 is 0 Å². The maximum absolute atomic E-state index is 13.5. The van der Waals surface area contributed by atoms with Crippen molar-refractivity contribution in [3.05, 3.63) is 30.2 Å². The minimum absolute atomic E-state index is 0.0150. The Morgan fingerprint density at radius 3 is 2.65 bits per heavy atom. The number of aliphatic hydroxyl groups is 1. The van der Waals surface area contributed by atoms with Gasteiger partial charge in [0.1, 0.15) is 5.56 Å². The van der Waals surface area contributed by atoms with Crippen LogP contribution in [-0.4, -0.2) is 42.7 Å². The minimum Gasteiger partial charge on any atom is -0.393 e. The Morgan fingerprint density at radius 2 is 1.84 bits per heavy atom. The largest absolute Gasteiger partial charge is 0.393 e. The number of aliphatic hydroxyl groups excluding tert-OH is 1. The van der Waals surface area contributed by atoms with Gasteiger partial charge in [0.05, 0.1) is 18.3 Å². The standard InChI is InChI=1S/C24H33N5O2/c30-19-5-3-18(4-6-19)29-24(28-9-1-8-25-28)21(14-26-29)23(31)27-22-7-2-15-10-16-12-17(11-15)20(22)13-16/h1,8-9,14-20,22,30H,2-7,10-13H2,(H,27,31)/t15?,16?,17?,18?,19?,20?,22-/m0/s1. The third-order valence-electron chi connectivity index (χ3n) is 8.62. The van der Waals surface area contributed by atoms with Gasteiger partial charge in [-0.05, 0) is 93.9 Å². The Labute approximate surface area is 183 Å². The van der Waals surface area contributed by atoms with Crippen molar-refractivity contribution in [1.29, 1.82) is 0 Å². The van der Waals surface area contributed by atoms with Crippen LogP contribution in [0.2, 0.25) is 0 Å². The van der Waals surface area contributed by atoms with E-state index in [0.717, 1.165) is 55.7 Å². The Morgan fingerprint density at radius 1 is 1.00 bits per heavy atom. The van der Waals surface area contributed by atoms with Crippen LogP contribution in [0, 0.1) is 23.7 Å². The number of hydrogen-bond donors (Lipinski definition) is 2. The first-order valence-corrected chi connectivity index (χ1v) is 12.2. The van der Waals surface area contributed by atoms with E-state index in [2.05, 4.69) is 15.5 Å². The summed E-state index contributed by atoms with van der Waals surface area (Å²) in [6.45, 7) is 0. The fourth-order valence-electron chi connectivity index (χ4n) is 7.23. The summed E-state index contributed by atoms with van der Waals surface area (Å²) in [4.78, 5) is 13.5. The number of nitrogens with one attached hydrogen (secondary N) is 1. The molecule has 4 saturated carbocycles. The third-order valence-corrected chi connectivity index (χ3v) is 8.62. The van der Waals surface area contributed by atoms with Crippen molar-refractivity contribution in [2.24, 2.45) is 23.7 Å². The van der Waals surface area contributed by atoms with Crippen LogP contribution in [0.25, 0.3) is 5.82 Å². The second-order valence-corrected chi connectivity index (χ2v) is 10.5. The van der Waals surface area contributed by atoms with Gasteiger partial charge in [-0.15, -0.1) is 0 Å². The maximum Gasteiger partial charge on any atom is 0.256 e. The molecule has 0 radical (unpaired) electrons. The number of aromatic nitrogens is 4. The smallest absolute Gasteiger partial charge is 0.256 e. The van der Waals surface area contributed by atoms with Crippen LogP contribution in [0.15, 0.2) is 24.7 Å². The predicted molar refractivity (Wildman–Crippen MR) is 116 cm³/mol. The lowest BCUT2D eigenvalue weighted by Gasteiger charge is -2.28. The molecule has 7 nitrogen and oxygen atoms in total. The number of rotatable bonds is 4. The second kappa shape index (κ2) is 7.76. The quantitative estimate of drug-likeness (QED) is 0.788. The topological polar surface area (TPSA) is 85.0 Å². The first-order chi connectivity index (χ1) is 15.2. The van der Waals surface area contributed by atoms with E-state index in [1.165, 1.54) is 32.1 Å². The van der Waals surface area contributed by atoms with Gasteiger partial charge in [0.15, 0.2) is 5.82 Å². The van der Waals surface area contributed by atoms with Gasteiger partial charge in [-0.2, -0.15) is 10.2 Å². The van der Waals surface area contributed by atoms with Crippen LogP contribution >= 0.6 is 0 Å².